The zero-order valence-corrected chi connectivity index (χ0v) is 7.53. The molecule has 1 N–H and O–H groups in total. The van der Waals surface area contributed by atoms with E-state index in [1.165, 1.54) is 18.2 Å². The summed E-state index contributed by atoms with van der Waals surface area (Å²) in [6.07, 6.45) is 10.0. The van der Waals surface area contributed by atoms with Crippen LogP contribution in [-0.4, -0.2) is 17.5 Å². The molecule has 0 spiro atoms. The van der Waals surface area contributed by atoms with E-state index < -0.39 is 0 Å². The number of rotatable bonds is 2. The second-order valence-electron chi connectivity index (χ2n) is 3.13. The van der Waals surface area contributed by atoms with Crippen molar-refractivity contribution in [3.05, 3.63) is 42.2 Å². The van der Waals surface area contributed by atoms with Gasteiger partial charge in [-0.2, -0.15) is 0 Å². The van der Waals surface area contributed by atoms with Crippen molar-refractivity contribution in [3.8, 4) is 0 Å². The normalized spacial score (nSPS) is 18.2. The van der Waals surface area contributed by atoms with E-state index >= 15 is 0 Å². The molecule has 0 atom stereocenters. The number of allylic oxidation sites excluding steroid dienone is 4. The zero-order valence-electron chi connectivity index (χ0n) is 7.53. The summed E-state index contributed by atoms with van der Waals surface area (Å²) in [6.45, 7) is 1.95. The zero-order chi connectivity index (χ0) is 9.73. The van der Waals surface area contributed by atoms with E-state index in [4.69, 9.17) is 5.11 Å². The van der Waals surface area contributed by atoms with Gasteiger partial charge in [0.15, 0.2) is 5.78 Å². The molecule has 68 valence electrons. The monoisotopic (exact) mass is 176 g/mol. The first-order valence-electron chi connectivity index (χ1n) is 4.12. The first-order valence-corrected chi connectivity index (χ1v) is 4.12. The topological polar surface area (TPSA) is 37.3 Å². The number of aliphatic hydroxyl groups excluding tert-OH is 1. The van der Waals surface area contributed by atoms with Crippen LogP contribution in [0.15, 0.2) is 42.2 Å². The van der Waals surface area contributed by atoms with Gasteiger partial charge in [0.1, 0.15) is 0 Å². The summed E-state index contributed by atoms with van der Waals surface area (Å²) < 4.78 is 0. The van der Waals surface area contributed by atoms with Crippen LogP contribution in [0, 0.1) is 5.41 Å². The number of carbonyl (C=O) groups excluding carboxylic acids is 1. The minimum atomic E-state index is -0.250. The van der Waals surface area contributed by atoms with Crippen molar-refractivity contribution in [1.82, 2.24) is 0 Å². The van der Waals surface area contributed by atoms with E-state index in [-0.39, 0.29) is 17.8 Å². The summed E-state index contributed by atoms with van der Waals surface area (Å²) in [5.41, 5.74) is 2.60. The summed E-state index contributed by atoms with van der Waals surface area (Å²) in [7, 11) is 0. The fourth-order valence-electron chi connectivity index (χ4n) is 1.02. The Bertz CT molecular complexity index is 299. The molecule has 0 heterocycles. The van der Waals surface area contributed by atoms with E-state index in [9.17, 15) is 4.79 Å². The summed E-state index contributed by atoms with van der Waals surface area (Å²) in [5, 5.41) is 8.49. The van der Waals surface area contributed by atoms with Crippen molar-refractivity contribution in [3.63, 3.8) is 0 Å². The smallest absolute Gasteiger partial charge is 0.178 e. The third kappa shape index (κ3) is 2.86. The highest BCUT2D eigenvalue weighted by molar-refractivity contribution is 6.00. The van der Waals surface area contributed by atoms with Crippen LogP contribution in [0.1, 0.15) is 6.92 Å². The summed E-state index contributed by atoms with van der Waals surface area (Å²) >= 11 is 0. The standard InChI is InChI=1S/C11H12O2/c1-11(6-2-3-9-12)7-4-10(13)5-8-11/h3-8,12H,9H2,1H3. The second kappa shape index (κ2) is 4.04. The van der Waals surface area contributed by atoms with Crippen molar-refractivity contribution in [2.24, 2.45) is 5.41 Å². The average molecular weight is 176 g/mol. The first kappa shape index (κ1) is 9.72. The van der Waals surface area contributed by atoms with Crippen LogP contribution in [0.3, 0.4) is 0 Å². The van der Waals surface area contributed by atoms with Gasteiger partial charge in [0, 0.05) is 5.41 Å². The van der Waals surface area contributed by atoms with E-state index in [2.05, 4.69) is 5.73 Å². The molecular formula is C11H12O2. The SMILES string of the molecule is CC1(C=C=CCO)C=CC(=O)C=C1. The molecule has 0 aromatic rings. The Kier molecular flexibility index (Phi) is 3.02. The molecule has 0 aromatic carbocycles. The molecule has 0 saturated carbocycles. The van der Waals surface area contributed by atoms with Crippen LogP contribution in [0.5, 0.6) is 0 Å². The Morgan fingerprint density at radius 3 is 2.69 bits per heavy atom. The van der Waals surface area contributed by atoms with Gasteiger partial charge in [-0.05, 0) is 31.2 Å². The van der Waals surface area contributed by atoms with Crippen LogP contribution >= 0.6 is 0 Å². The Morgan fingerprint density at radius 2 is 2.15 bits per heavy atom. The lowest BCUT2D eigenvalue weighted by Gasteiger charge is -2.17. The Labute approximate surface area is 77.6 Å². The maximum atomic E-state index is 10.8. The lowest BCUT2D eigenvalue weighted by Crippen LogP contribution is -2.10. The van der Waals surface area contributed by atoms with Crippen LogP contribution in [0.4, 0.5) is 0 Å². The molecule has 0 unspecified atom stereocenters. The Morgan fingerprint density at radius 1 is 1.54 bits per heavy atom. The van der Waals surface area contributed by atoms with Gasteiger partial charge in [-0.1, -0.05) is 12.2 Å². The van der Waals surface area contributed by atoms with Crippen LogP contribution in [0.2, 0.25) is 0 Å². The molecular weight excluding hydrogens is 164 g/mol. The molecule has 0 radical (unpaired) electrons. The molecule has 1 rings (SSSR count). The van der Waals surface area contributed by atoms with Crippen molar-refractivity contribution >= 4 is 5.78 Å². The predicted molar refractivity (Wildman–Crippen MR) is 51.1 cm³/mol. The lowest BCUT2D eigenvalue weighted by atomic mass is 9.86. The van der Waals surface area contributed by atoms with Crippen LogP contribution in [0.25, 0.3) is 0 Å². The van der Waals surface area contributed by atoms with Crippen molar-refractivity contribution in [2.75, 3.05) is 6.61 Å². The first-order chi connectivity index (χ1) is 6.16. The number of hydrogen-bond acceptors (Lipinski definition) is 2. The molecule has 0 aromatic heterocycles. The molecule has 0 fully saturated rings. The van der Waals surface area contributed by atoms with Crippen molar-refractivity contribution < 1.29 is 9.90 Å². The quantitative estimate of drug-likeness (QED) is 0.645. The molecule has 0 bridgehead atoms. The highest BCUT2D eigenvalue weighted by Gasteiger charge is 2.16. The summed E-state index contributed by atoms with van der Waals surface area (Å²) in [4.78, 5) is 10.8. The molecule has 2 heteroatoms. The second-order valence-corrected chi connectivity index (χ2v) is 3.13. The predicted octanol–water partition coefficient (Wildman–Crippen LogP) is 1.39. The fourth-order valence-corrected chi connectivity index (χ4v) is 1.02. The minimum Gasteiger partial charge on any atom is -0.392 e. The Hall–Kier alpha value is -1.37. The molecule has 2 nitrogen and oxygen atoms in total. The minimum absolute atomic E-state index is 0.0111. The van der Waals surface area contributed by atoms with E-state index in [0.29, 0.717) is 0 Å². The van der Waals surface area contributed by atoms with E-state index in [1.807, 2.05) is 25.2 Å². The number of hydrogen-bond donors (Lipinski definition) is 1. The summed E-state index contributed by atoms with van der Waals surface area (Å²) in [6, 6.07) is 0. The van der Waals surface area contributed by atoms with Gasteiger partial charge < -0.3 is 5.11 Å². The van der Waals surface area contributed by atoms with Gasteiger partial charge in [0.2, 0.25) is 0 Å². The fraction of sp³-hybridized carbons (Fsp3) is 0.273. The van der Waals surface area contributed by atoms with Crippen molar-refractivity contribution in [2.45, 2.75) is 6.92 Å². The molecule has 1 aliphatic rings. The van der Waals surface area contributed by atoms with Crippen LogP contribution < -0.4 is 0 Å². The van der Waals surface area contributed by atoms with Gasteiger partial charge in [0.25, 0.3) is 0 Å². The molecule has 13 heavy (non-hydrogen) atoms. The maximum Gasteiger partial charge on any atom is 0.178 e. The molecule has 0 aliphatic heterocycles. The largest absolute Gasteiger partial charge is 0.392 e. The Balaban J connectivity index is 2.80. The molecule has 1 aliphatic carbocycles. The maximum absolute atomic E-state index is 10.8. The van der Waals surface area contributed by atoms with E-state index in [0.717, 1.165) is 0 Å². The summed E-state index contributed by atoms with van der Waals surface area (Å²) in [5.74, 6) is 0.0111. The van der Waals surface area contributed by atoms with E-state index in [1.54, 1.807) is 0 Å². The molecule has 0 saturated heterocycles. The third-order valence-corrected chi connectivity index (χ3v) is 1.82. The average Bonchev–Trinajstić information content (AvgIpc) is 2.12. The number of ketones is 1. The number of aliphatic hydroxyl groups is 1. The van der Waals surface area contributed by atoms with Crippen molar-refractivity contribution in [1.29, 1.82) is 0 Å². The molecule has 0 amide bonds. The van der Waals surface area contributed by atoms with Gasteiger partial charge in [-0.15, -0.1) is 5.73 Å². The van der Waals surface area contributed by atoms with Crippen LogP contribution in [-0.2, 0) is 4.79 Å². The van der Waals surface area contributed by atoms with Gasteiger partial charge in [-0.25, -0.2) is 0 Å². The third-order valence-electron chi connectivity index (χ3n) is 1.82. The highest BCUT2D eigenvalue weighted by atomic mass is 16.2. The highest BCUT2D eigenvalue weighted by Crippen LogP contribution is 2.24. The number of carbonyl (C=O) groups is 1. The van der Waals surface area contributed by atoms with Gasteiger partial charge >= 0.3 is 0 Å². The van der Waals surface area contributed by atoms with Gasteiger partial charge in [0.05, 0.1) is 6.61 Å². The van der Waals surface area contributed by atoms with Gasteiger partial charge in [-0.3, -0.25) is 4.79 Å². The lowest BCUT2D eigenvalue weighted by molar-refractivity contribution is -0.110.